The first-order valence-corrected chi connectivity index (χ1v) is 7.23. The first kappa shape index (κ1) is 13.6. The molecule has 0 N–H and O–H groups in total. The van der Waals surface area contributed by atoms with Gasteiger partial charge < -0.3 is 0 Å². The van der Waals surface area contributed by atoms with Crippen LogP contribution in [0.3, 0.4) is 0 Å². The number of benzene rings is 1. The van der Waals surface area contributed by atoms with E-state index in [1.807, 2.05) is 0 Å². The van der Waals surface area contributed by atoms with Gasteiger partial charge in [0, 0.05) is 5.56 Å². The van der Waals surface area contributed by atoms with E-state index in [0.717, 1.165) is 0 Å². The molecule has 0 heterocycles. The van der Waals surface area contributed by atoms with E-state index >= 15 is 0 Å². The Hall–Kier alpha value is -0.790. The third-order valence-corrected chi connectivity index (χ3v) is 4.55. The van der Waals surface area contributed by atoms with Crippen LogP contribution in [0, 0.1) is 18.5 Å². The van der Waals surface area contributed by atoms with Crippen molar-refractivity contribution in [2.24, 2.45) is 0 Å². The summed E-state index contributed by atoms with van der Waals surface area (Å²) in [4.78, 5) is 0. The predicted octanol–water partition coefficient (Wildman–Crippen LogP) is 4.53. The van der Waals surface area contributed by atoms with Crippen LogP contribution in [0.15, 0.2) is 12.1 Å². The molecule has 2 rings (SSSR count). The van der Waals surface area contributed by atoms with Crippen molar-refractivity contribution in [1.82, 2.24) is 0 Å². The van der Waals surface area contributed by atoms with Gasteiger partial charge in [0.25, 0.3) is 0 Å². The number of rotatable bonds is 0. The highest BCUT2D eigenvalue weighted by molar-refractivity contribution is 7.23. The first-order valence-electron chi connectivity index (χ1n) is 6.65. The van der Waals surface area contributed by atoms with Gasteiger partial charge in [0.2, 0.25) is 0 Å². The highest BCUT2D eigenvalue weighted by Crippen LogP contribution is 2.46. The fourth-order valence-corrected chi connectivity index (χ4v) is 3.09. The van der Waals surface area contributed by atoms with E-state index in [9.17, 15) is 0 Å². The second kappa shape index (κ2) is 4.40. The summed E-state index contributed by atoms with van der Waals surface area (Å²) in [6.07, 6.45) is 2.52. The Morgan fingerprint density at radius 2 is 1.50 bits per heavy atom. The first-order chi connectivity index (χ1) is 8.28. The summed E-state index contributed by atoms with van der Waals surface area (Å²) in [6, 6.07) is 4.68. The van der Waals surface area contributed by atoms with Crippen LogP contribution < -0.4 is 0 Å². The average molecular weight is 258 g/mol. The minimum absolute atomic E-state index is 0.274. The zero-order chi connectivity index (χ0) is 13.6. The Morgan fingerprint density at radius 1 is 1.00 bits per heavy atom. The lowest BCUT2D eigenvalue weighted by atomic mass is 9.62. The molecule has 96 valence electrons. The number of fused-ring (bicyclic) bond motifs is 1. The van der Waals surface area contributed by atoms with Crippen molar-refractivity contribution in [2.45, 2.75) is 58.3 Å². The lowest BCUT2D eigenvalue weighted by Gasteiger charge is -2.42. The van der Waals surface area contributed by atoms with Gasteiger partial charge >= 0.3 is 0 Å². The maximum atomic E-state index is 3.20. The van der Waals surface area contributed by atoms with Crippen LogP contribution >= 0.6 is 9.24 Å². The molecule has 1 aromatic rings. The summed E-state index contributed by atoms with van der Waals surface area (Å²) in [5.41, 5.74) is 9.00. The van der Waals surface area contributed by atoms with E-state index in [0.29, 0.717) is 5.41 Å². The van der Waals surface area contributed by atoms with Gasteiger partial charge in [-0.15, -0.1) is 0 Å². The molecule has 0 bridgehead atoms. The van der Waals surface area contributed by atoms with Crippen LogP contribution in [0.1, 0.15) is 62.8 Å². The molecule has 1 aliphatic carbocycles. The van der Waals surface area contributed by atoms with Crippen LogP contribution in [0.2, 0.25) is 0 Å². The second-order valence-corrected chi connectivity index (χ2v) is 7.04. The van der Waals surface area contributed by atoms with Gasteiger partial charge in [-0.1, -0.05) is 54.6 Å². The van der Waals surface area contributed by atoms with Crippen molar-refractivity contribution in [2.75, 3.05) is 0 Å². The van der Waals surface area contributed by atoms with Crippen molar-refractivity contribution in [3.63, 3.8) is 0 Å². The quantitative estimate of drug-likeness (QED) is 0.474. The zero-order valence-electron chi connectivity index (χ0n) is 12.1. The van der Waals surface area contributed by atoms with Crippen molar-refractivity contribution in [3.05, 3.63) is 34.4 Å². The molecule has 1 aromatic carbocycles. The summed E-state index contributed by atoms with van der Waals surface area (Å²) >= 11 is 0. The van der Waals surface area contributed by atoms with Crippen LogP contribution in [-0.4, -0.2) is 0 Å². The molecule has 18 heavy (non-hydrogen) atoms. The smallest absolute Gasteiger partial charge is 0.0280 e. The van der Waals surface area contributed by atoms with Gasteiger partial charge in [0.05, 0.1) is 0 Å². The summed E-state index contributed by atoms with van der Waals surface area (Å²) in [5.74, 6) is 3.20. The summed E-state index contributed by atoms with van der Waals surface area (Å²) in [6.45, 7) is 11.6. The van der Waals surface area contributed by atoms with E-state index in [1.165, 1.54) is 35.1 Å². The number of hydrogen-bond donors (Lipinski definition) is 0. The molecule has 1 unspecified atom stereocenters. The van der Waals surface area contributed by atoms with Gasteiger partial charge in [-0.3, -0.25) is 0 Å². The fraction of sp³-hybridized carbons (Fsp3) is 0.529. The molecule has 1 heteroatoms. The van der Waals surface area contributed by atoms with E-state index in [2.05, 4.69) is 67.6 Å². The SMILES string of the molecule is Cc1cc2c(cc1C#CP)C(C)(C)CCC2(C)C. The molecule has 0 radical (unpaired) electrons. The van der Waals surface area contributed by atoms with Crippen LogP contribution in [0.25, 0.3) is 0 Å². The molecule has 0 aromatic heterocycles. The second-order valence-electron chi connectivity index (χ2n) is 6.75. The third kappa shape index (κ3) is 2.22. The normalized spacial score (nSPS) is 19.7. The highest BCUT2D eigenvalue weighted by atomic mass is 31.0. The monoisotopic (exact) mass is 258 g/mol. The average Bonchev–Trinajstić information content (AvgIpc) is 2.27. The Labute approximate surface area is 114 Å². The summed E-state index contributed by atoms with van der Waals surface area (Å²) in [7, 11) is 2.49. The van der Waals surface area contributed by atoms with Gasteiger partial charge in [-0.05, 0) is 53.4 Å². The largest absolute Gasteiger partial charge is 0.0780 e. The maximum absolute atomic E-state index is 3.20. The Morgan fingerprint density at radius 3 is 2.00 bits per heavy atom. The Balaban J connectivity index is 2.71. The number of aryl methyl sites for hydroxylation is 1. The van der Waals surface area contributed by atoms with Gasteiger partial charge in [-0.2, -0.15) is 0 Å². The topological polar surface area (TPSA) is 0 Å². The van der Waals surface area contributed by atoms with E-state index < -0.39 is 0 Å². The minimum Gasteiger partial charge on any atom is -0.0780 e. The van der Waals surface area contributed by atoms with Crippen molar-refractivity contribution < 1.29 is 0 Å². The predicted molar refractivity (Wildman–Crippen MR) is 83.1 cm³/mol. The third-order valence-electron chi connectivity index (χ3n) is 4.40. The molecule has 0 nitrogen and oxygen atoms in total. The van der Waals surface area contributed by atoms with Gasteiger partial charge in [-0.25, -0.2) is 0 Å². The molecule has 0 fully saturated rings. The van der Waals surface area contributed by atoms with Crippen molar-refractivity contribution in [1.29, 1.82) is 0 Å². The van der Waals surface area contributed by atoms with E-state index in [4.69, 9.17) is 0 Å². The van der Waals surface area contributed by atoms with E-state index in [-0.39, 0.29) is 5.41 Å². The van der Waals surface area contributed by atoms with Gasteiger partial charge in [0.15, 0.2) is 0 Å². The van der Waals surface area contributed by atoms with Crippen LogP contribution in [0.4, 0.5) is 0 Å². The molecule has 1 atom stereocenters. The molecule has 0 saturated carbocycles. The van der Waals surface area contributed by atoms with Crippen molar-refractivity contribution in [3.8, 4) is 11.6 Å². The maximum Gasteiger partial charge on any atom is 0.0280 e. The number of hydrogen-bond acceptors (Lipinski definition) is 0. The lowest BCUT2D eigenvalue weighted by Crippen LogP contribution is -2.34. The molecule has 0 spiro atoms. The molecule has 0 amide bonds. The van der Waals surface area contributed by atoms with Crippen LogP contribution in [-0.2, 0) is 10.8 Å². The standard InChI is InChI=1S/C17H23P/c1-12-10-14-15(11-13(12)6-9-18)17(4,5)8-7-16(14,2)3/h10-11H,7-8,18H2,1-5H3. The molecular weight excluding hydrogens is 235 g/mol. The molecule has 0 saturated heterocycles. The van der Waals surface area contributed by atoms with Crippen LogP contribution in [0.5, 0.6) is 0 Å². The zero-order valence-corrected chi connectivity index (χ0v) is 13.3. The van der Waals surface area contributed by atoms with Crippen molar-refractivity contribution >= 4 is 9.24 Å². The minimum atomic E-state index is 0.274. The highest BCUT2D eigenvalue weighted by Gasteiger charge is 2.37. The fourth-order valence-electron chi connectivity index (χ4n) is 2.93. The summed E-state index contributed by atoms with van der Waals surface area (Å²) < 4.78 is 0. The molecule has 0 aliphatic heterocycles. The Bertz CT molecular complexity index is 539. The molecule has 1 aliphatic rings. The molecular formula is C17H23P. The van der Waals surface area contributed by atoms with E-state index in [1.54, 1.807) is 0 Å². The summed E-state index contributed by atoms with van der Waals surface area (Å²) in [5, 5.41) is 0. The Kier molecular flexibility index (Phi) is 3.33. The lowest BCUT2D eigenvalue weighted by molar-refractivity contribution is 0.331. The van der Waals surface area contributed by atoms with Gasteiger partial charge in [0.1, 0.15) is 0 Å².